The fraction of sp³-hybridized carbons (Fsp3) is 0.312. The van der Waals surface area contributed by atoms with Crippen molar-refractivity contribution in [2.24, 2.45) is 0 Å². The van der Waals surface area contributed by atoms with Crippen LogP contribution in [0.25, 0.3) is 0 Å². The number of aryl methyl sites for hydroxylation is 2. The lowest BCUT2D eigenvalue weighted by Gasteiger charge is -2.21. The van der Waals surface area contributed by atoms with E-state index in [1.54, 1.807) is 0 Å². The Morgan fingerprint density at radius 1 is 1.20 bits per heavy atom. The zero-order valence-corrected chi connectivity index (χ0v) is 13.1. The molecule has 1 heterocycles. The maximum atomic E-state index is 6.16. The lowest BCUT2D eigenvalue weighted by atomic mass is 10.1. The molecule has 0 fully saturated rings. The standard InChI is InChI=1S/C16H20ClN3/c1-11-5-7-15(12(2)9-11)20(4)16-8-6-13(17)14(19-16)10-18-3/h5-9,18H,10H2,1-4H3. The molecular formula is C16H20ClN3. The molecule has 1 N–H and O–H groups in total. The highest BCUT2D eigenvalue weighted by atomic mass is 35.5. The summed E-state index contributed by atoms with van der Waals surface area (Å²) < 4.78 is 0. The summed E-state index contributed by atoms with van der Waals surface area (Å²) in [6.45, 7) is 4.87. The first kappa shape index (κ1) is 14.8. The zero-order valence-electron chi connectivity index (χ0n) is 12.4. The molecule has 0 aliphatic rings. The van der Waals surface area contributed by atoms with E-state index in [1.165, 1.54) is 11.1 Å². The molecule has 0 saturated heterocycles. The molecule has 20 heavy (non-hydrogen) atoms. The van der Waals surface area contributed by atoms with E-state index in [1.807, 2.05) is 26.2 Å². The van der Waals surface area contributed by atoms with Crippen LogP contribution in [0.3, 0.4) is 0 Å². The first-order chi connectivity index (χ1) is 9.52. The van der Waals surface area contributed by atoms with Crippen molar-refractivity contribution in [3.05, 3.63) is 52.2 Å². The third-order valence-corrected chi connectivity index (χ3v) is 3.65. The van der Waals surface area contributed by atoms with E-state index in [2.05, 4.69) is 47.2 Å². The predicted octanol–water partition coefficient (Wildman–Crippen LogP) is 3.84. The summed E-state index contributed by atoms with van der Waals surface area (Å²) in [6, 6.07) is 10.3. The topological polar surface area (TPSA) is 28.2 Å². The lowest BCUT2D eigenvalue weighted by molar-refractivity contribution is 0.790. The number of nitrogens with one attached hydrogen (secondary N) is 1. The molecule has 0 unspecified atom stereocenters. The van der Waals surface area contributed by atoms with Crippen LogP contribution in [0.15, 0.2) is 30.3 Å². The van der Waals surface area contributed by atoms with Crippen LogP contribution in [-0.4, -0.2) is 19.1 Å². The zero-order chi connectivity index (χ0) is 14.7. The molecule has 106 valence electrons. The van der Waals surface area contributed by atoms with E-state index in [0.717, 1.165) is 17.2 Å². The molecular weight excluding hydrogens is 270 g/mol. The third-order valence-electron chi connectivity index (χ3n) is 3.31. The molecule has 0 aliphatic carbocycles. The van der Waals surface area contributed by atoms with E-state index in [-0.39, 0.29) is 0 Å². The average molecular weight is 290 g/mol. The van der Waals surface area contributed by atoms with Gasteiger partial charge in [-0.05, 0) is 44.7 Å². The smallest absolute Gasteiger partial charge is 0.133 e. The molecule has 0 spiro atoms. The maximum Gasteiger partial charge on any atom is 0.133 e. The lowest BCUT2D eigenvalue weighted by Crippen LogP contribution is -2.15. The Labute approximate surface area is 125 Å². The van der Waals surface area contributed by atoms with Gasteiger partial charge >= 0.3 is 0 Å². The minimum absolute atomic E-state index is 0.660. The second-order valence-corrected chi connectivity index (χ2v) is 5.38. The van der Waals surface area contributed by atoms with Crippen LogP contribution >= 0.6 is 11.6 Å². The van der Waals surface area contributed by atoms with Crippen LogP contribution in [0.2, 0.25) is 5.02 Å². The summed E-state index contributed by atoms with van der Waals surface area (Å²) in [5.74, 6) is 0.895. The summed E-state index contributed by atoms with van der Waals surface area (Å²) in [5, 5.41) is 3.78. The Bertz CT molecular complexity index is 611. The van der Waals surface area contributed by atoms with Gasteiger partial charge in [-0.3, -0.25) is 0 Å². The first-order valence-electron chi connectivity index (χ1n) is 6.64. The Hall–Kier alpha value is -1.58. The van der Waals surface area contributed by atoms with Crippen molar-refractivity contribution in [2.45, 2.75) is 20.4 Å². The molecule has 0 radical (unpaired) electrons. The van der Waals surface area contributed by atoms with Gasteiger partial charge in [0.1, 0.15) is 5.82 Å². The SMILES string of the molecule is CNCc1nc(N(C)c2ccc(C)cc2C)ccc1Cl. The second kappa shape index (κ2) is 6.25. The molecule has 2 rings (SSSR count). The van der Waals surface area contributed by atoms with Gasteiger partial charge in [0.15, 0.2) is 0 Å². The number of hydrogen-bond acceptors (Lipinski definition) is 3. The van der Waals surface area contributed by atoms with Crippen molar-refractivity contribution in [2.75, 3.05) is 19.0 Å². The van der Waals surface area contributed by atoms with E-state index in [9.17, 15) is 0 Å². The van der Waals surface area contributed by atoms with Gasteiger partial charge in [-0.25, -0.2) is 4.98 Å². The van der Waals surface area contributed by atoms with Crippen molar-refractivity contribution in [1.29, 1.82) is 0 Å². The monoisotopic (exact) mass is 289 g/mol. The fourth-order valence-corrected chi connectivity index (χ4v) is 2.43. The number of hydrogen-bond donors (Lipinski definition) is 1. The summed E-state index contributed by atoms with van der Waals surface area (Å²) in [5.41, 5.74) is 4.52. The van der Waals surface area contributed by atoms with Crippen LogP contribution in [-0.2, 0) is 6.54 Å². The number of pyridine rings is 1. The van der Waals surface area contributed by atoms with E-state index >= 15 is 0 Å². The molecule has 1 aromatic heterocycles. The maximum absolute atomic E-state index is 6.16. The highest BCUT2D eigenvalue weighted by Gasteiger charge is 2.10. The molecule has 0 saturated carbocycles. The Morgan fingerprint density at radius 3 is 2.60 bits per heavy atom. The van der Waals surface area contributed by atoms with Gasteiger partial charge in [0.25, 0.3) is 0 Å². The van der Waals surface area contributed by atoms with Crippen molar-refractivity contribution >= 4 is 23.1 Å². The number of nitrogens with zero attached hydrogens (tertiary/aromatic N) is 2. The van der Waals surface area contributed by atoms with Crippen molar-refractivity contribution in [1.82, 2.24) is 10.3 Å². The highest BCUT2D eigenvalue weighted by Crippen LogP contribution is 2.27. The fourth-order valence-electron chi connectivity index (χ4n) is 2.26. The van der Waals surface area contributed by atoms with Crippen molar-refractivity contribution in [3.8, 4) is 0 Å². The normalized spacial score (nSPS) is 10.7. The molecule has 4 heteroatoms. The van der Waals surface area contributed by atoms with Gasteiger partial charge in [-0.1, -0.05) is 29.3 Å². The van der Waals surface area contributed by atoms with E-state index in [0.29, 0.717) is 11.6 Å². The molecule has 0 bridgehead atoms. The van der Waals surface area contributed by atoms with E-state index < -0.39 is 0 Å². The Kier molecular flexibility index (Phi) is 4.63. The quantitative estimate of drug-likeness (QED) is 0.927. The number of benzene rings is 1. The Balaban J connectivity index is 2.37. The van der Waals surface area contributed by atoms with Crippen LogP contribution in [0.1, 0.15) is 16.8 Å². The van der Waals surface area contributed by atoms with Crippen molar-refractivity contribution < 1.29 is 0 Å². The minimum atomic E-state index is 0.660. The summed E-state index contributed by atoms with van der Waals surface area (Å²) >= 11 is 6.16. The van der Waals surface area contributed by atoms with Crippen LogP contribution < -0.4 is 10.2 Å². The summed E-state index contributed by atoms with van der Waals surface area (Å²) in [7, 11) is 3.91. The molecule has 0 aliphatic heterocycles. The predicted molar refractivity (Wildman–Crippen MR) is 86.0 cm³/mol. The number of anilines is 2. The van der Waals surface area contributed by atoms with Crippen LogP contribution in [0.5, 0.6) is 0 Å². The molecule has 0 amide bonds. The van der Waals surface area contributed by atoms with Gasteiger partial charge in [0, 0.05) is 19.3 Å². The number of rotatable bonds is 4. The number of aromatic nitrogens is 1. The average Bonchev–Trinajstić information content (AvgIpc) is 2.41. The van der Waals surface area contributed by atoms with Crippen LogP contribution in [0, 0.1) is 13.8 Å². The number of halogens is 1. The van der Waals surface area contributed by atoms with Gasteiger partial charge < -0.3 is 10.2 Å². The second-order valence-electron chi connectivity index (χ2n) is 4.98. The van der Waals surface area contributed by atoms with Gasteiger partial charge in [-0.15, -0.1) is 0 Å². The molecule has 0 atom stereocenters. The van der Waals surface area contributed by atoms with Gasteiger partial charge in [0.2, 0.25) is 0 Å². The van der Waals surface area contributed by atoms with Gasteiger partial charge in [-0.2, -0.15) is 0 Å². The molecule has 3 nitrogen and oxygen atoms in total. The summed E-state index contributed by atoms with van der Waals surface area (Å²) in [4.78, 5) is 6.72. The minimum Gasteiger partial charge on any atom is -0.329 e. The summed E-state index contributed by atoms with van der Waals surface area (Å²) in [6.07, 6.45) is 0. The van der Waals surface area contributed by atoms with Crippen molar-refractivity contribution in [3.63, 3.8) is 0 Å². The molecule has 2 aromatic rings. The third kappa shape index (κ3) is 3.11. The van der Waals surface area contributed by atoms with E-state index in [4.69, 9.17) is 11.6 Å². The largest absolute Gasteiger partial charge is 0.329 e. The molecule has 1 aromatic carbocycles. The van der Waals surface area contributed by atoms with Crippen LogP contribution in [0.4, 0.5) is 11.5 Å². The first-order valence-corrected chi connectivity index (χ1v) is 7.01. The van der Waals surface area contributed by atoms with Gasteiger partial charge in [0.05, 0.1) is 10.7 Å². The highest BCUT2D eigenvalue weighted by molar-refractivity contribution is 6.31. The Morgan fingerprint density at radius 2 is 1.95 bits per heavy atom.